The molecule has 2 aromatic rings. The first kappa shape index (κ1) is 20.2. The molecule has 0 saturated heterocycles. The van der Waals surface area contributed by atoms with Crippen LogP contribution in [0.15, 0.2) is 42.5 Å². The average molecular weight is 417 g/mol. The molecule has 0 spiro atoms. The number of carbonyl (C=O) groups is 2. The van der Waals surface area contributed by atoms with Crippen molar-refractivity contribution in [3.05, 3.63) is 57.5 Å². The minimum atomic E-state index is -0.815. The molecule has 0 heterocycles. The van der Waals surface area contributed by atoms with Gasteiger partial charge in [-0.05, 0) is 48.9 Å². The Bertz CT molecular complexity index is 785. The Morgan fingerprint density at radius 3 is 2.31 bits per heavy atom. The third kappa shape index (κ3) is 5.98. The Balaban J connectivity index is 1.83. The normalized spacial score (nSPS) is 10.3. The molecule has 2 aromatic carbocycles. The van der Waals surface area contributed by atoms with E-state index >= 15 is 0 Å². The molecular formula is C17H16Cl3N3O3. The molecule has 0 aliphatic rings. The second-order valence-corrected chi connectivity index (χ2v) is 6.49. The van der Waals surface area contributed by atoms with E-state index in [9.17, 15) is 9.59 Å². The van der Waals surface area contributed by atoms with Crippen LogP contribution in [0.2, 0.25) is 15.1 Å². The number of halogens is 3. The van der Waals surface area contributed by atoms with E-state index in [0.717, 1.165) is 5.01 Å². The van der Waals surface area contributed by atoms with E-state index in [1.54, 1.807) is 42.5 Å². The third-order valence-corrected chi connectivity index (χ3v) is 4.02. The Labute approximate surface area is 165 Å². The number of nitrogens with two attached hydrogens (primary N) is 1. The van der Waals surface area contributed by atoms with Crippen molar-refractivity contribution < 1.29 is 14.3 Å². The van der Waals surface area contributed by atoms with E-state index in [1.165, 1.54) is 0 Å². The summed E-state index contributed by atoms with van der Waals surface area (Å²) in [4.78, 5) is 23.6. The van der Waals surface area contributed by atoms with Crippen molar-refractivity contribution in [2.24, 2.45) is 5.73 Å². The molecule has 9 heteroatoms. The van der Waals surface area contributed by atoms with E-state index in [4.69, 9.17) is 45.3 Å². The van der Waals surface area contributed by atoms with Crippen molar-refractivity contribution in [1.29, 1.82) is 0 Å². The monoisotopic (exact) mass is 415 g/mol. The summed E-state index contributed by atoms with van der Waals surface area (Å²) < 4.78 is 5.50. The van der Waals surface area contributed by atoms with Crippen LogP contribution in [0.25, 0.3) is 0 Å². The van der Waals surface area contributed by atoms with Crippen molar-refractivity contribution in [3.63, 3.8) is 0 Å². The van der Waals surface area contributed by atoms with Crippen LogP contribution in [-0.2, 0) is 4.79 Å². The molecular weight excluding hydrogens is 401 g/mol. The number of nitrogens with one attached hydrogen (secondary N) is 1. The maximum Gasteiger partial charge on any atom is 0.338 e. The number of hydrogen-bond acceptors (Lipinski definition) is 3. The first-order valence-corrected chi connectivity index (χ1v) is 8.72. The number of carbonyl (C=O) groups excluding carboxylic acids is 2. The smallest absolute Gasteiger partial charge is 0.338 e. The summed E-state index contributed by atoms with van der Waals surface area (Å²) in [6, 6.07) is 10.4. The van der Waals surface area contributed by atoms with Gasteiger partial charge in [-0.3, -0.25) is 10.2 Å². The van der Waals surface area contributed by atoms with Gasteiger partial charge in [-0.25, -0.2) is 9.80 Å². The molecule has 0 radical (unpaired) electrons. The van der Waals surface area contributed by atoms with Crippen LogP contribution in [0.3, 0.4) is 0 Å². The summed E-state index contributed by atoms with van der Waals surface area (Å²) in [7, 11) is 0. The lowest BCUT2D eigenvalue weighted by molar-refractivity contribution is -0.121. The van der Waals surface area contributed by atoms with Gasteiger partial charge in [0.2, 0.25) is 5.91 Å². The quantitative estimate of drug-likeness (QED) is 0.540. The Kier molecular flexibility index (Phi) is 7.38. The van der Waals surface area contributed by atoms with Crippen molar-refractivity contribution in [1.82, 2.24) is 5.43 Å². The summed E-state index contributed by atoms with van der Waals surface area (Å²) in [5.41, 5.74) is 8.15. The van der Waals surface area contributed by atoms with Crippen LogP contribution >= 0.6 is 34.8 Å². The number of benzene rings is 2. The van der Waals surface area contributed by atoms with Gasteiger partial charge in [0.05, 0.1) is 17.3 Å². The summed E-state index contributed by atoms with van der Waals surface area (Å²) >= 11 is 17.6. The highest BCUT2D eigenvalue weighted by atomic mass is 35.5. The number of hydrazine groups is 1. The topological polar surface area (TPSA) is 84.7 Å². The highest BCUT2D eigenvalue weighted by molar-refractivity contribution is 6.35. The molecule has 3 N–H and O–H groups in total. The summed E-state index contributed by atoms with van der Waals surface area (Å²) in [6.45, 7) is 0.270. The van der Waals surface area contributed by atoms with Gasteiger partial charge >= 0.3 is 6.03 Å². The van der Waals surface area contributed by atoms with E-state index in [0.29, 0.717) is 32.9 Å². The molecule has 0 unspecified atom stereocenters. The van der Waals surface area contributed by atoms with Crippen LogP contribution in [0.1, 0.15) is 12.8 Å². The number of ether oxygens (including phenoxy) is 1. The summed E-state index contributed by atoms with van der Waals surface area (Å²) in [5, 5.41) is 2.36. The van der Waals surface area contributed by atoms with Gasteiger partial charge in [-0.2, -0.15) is 0 Å². The molecule has 0 saturated carbocycles. The molecule has 6 nitrogen and oxygen atoms in total. The predicted octanol–water partition coefficient (Wildman–Crippen LogP) is 4.42. The standard InChI is InChI=1S/C17H16Cl3N3O3/c18-11-3-6-13(7-4-11)23(17(21)25)22-16(24)2-1-9-26-15-8-5-12(19)10-14(15)20/h3-8,10H,1-2,9H2,(H2,21,25)(H,22,24). The molecule has 0 aliphatic heterocycles. The van der Waals surface area contributed by atoms with Gasteiger partial charge in [-0.15, -0.1) is 0 Å². The lowest BCUT2D eigenvalue weighted by atomic mass is 10.3. The molecule has 2 rings (SSSR count). The van der Waals surface area contributed by atoms with Crippen molar-refractivity contribution >= 4 is 52.4 Å². The van der Waals surface area contributed by atoms with Crippen molar-refractivity contribution in [2.45, 2.75) is 12.8 Å². The largest absolute Gasteiger partial charge is 0.492 e. The van der Waals surface area contributed by atoms with Crippen LogP contribution in [0.4, 0.5) is 10.5 Å². The second kappa shape index (κ2) is 9.52. The Morgan fingerprint density at radius 2 is 1.69 bits per heavy atom. The van der Waals surface area contributed by atoms with E-state index < -0.39 is 6.03 Å². The van der Waals surface area contributed by atoms with Crippen LogP contribution in [0, 0.1) is 0 Å². The van der Waals surface area contributed by atoms with E-state index in [1.807, 2.05) is 0 Å². The molecule has 3 amide bonds. The first-order chi connectivity index (χ1) is 12.4. The fraction of sp³-hybridized carbons (Fsp3) is 0.176. The lowest BCUT2D eigenvalue weighted by Crippen LogP contribution is -2.49. The number of hydrogen-bond donors (Lipinski definition) is 2. The lowest BCUT2D eigenvalue weighted by Gasteiger charge is -2.21. The predicted molar refractivity (Wildman–Crippen MR) is 103 cm³/mol. The van der Waals surface area contributed by atoms with Crippen LogP contribution in [0.5, 0.6) is 5.75 Å². The van der Waals surface area contributed by atoms with Gasteiger partial charge in [0.1, 0.15) is 5.75 Å². The average Bonchev–Trinajstić information content (AvgIpc) is 2.59. The SMILES string of the molecule is NC(=O)N(NC(=O)CCCOc1ccc(Cl)cc1Cl)c1ccc(Cl)cc1. The number of nitrogens with zero attached hydrogens (tertiary/aromatic N) is 1. The van der Waals surface area contributed by atoms with Gasteiger partial charge in [0.15, 0.2) is 0 Å². The second-order valence-electron chi connectivity index (χ2n) is 5.21. The number of amides is 3. The Hall–Kier alpha value is -2.15. The molecule has 0 aromatic heterocycles. The maximum absolute atomic E-state index is 12.0. The number of rotatable bonds is 6. The van der Waals surface area contributed by atoms with Gasteiger partial charge in [0, 0.05) is 16.5 Å². The van der Waals surface area contributed by atoms with Gasteiger partial charge in [-0.1, -0.05) is 34.8 Å². The number of primary amides is 1. The van der Waals surface area contributed by atoms with Crippen molar-refractivity contribution in [3.8, 4) is 5.75 Å². The molecule has 0 aliphatic carbocycles. The van der Waals surface area contributed by atoms with E-state index in [2.05, 4.69) is 5.43 Å². The molecule has 0 bridgehead atoms. The summed E-state index contributed by atoms with van der Waals surface area (Å²) in [5.74, 6) is 0.0981. The van der Waals surface area contributed by atoms with E-state index in [-0.39, 0.29) is 18.9 Å². The fourth-order valence-corrected chi connectivity index (χ4v) is 2.61. The first-order valence-electron chi connectivity index (χ1n) is 7.59. The summed E-state index contributed by atoms with van der Waals surface area (Å²) in [6.07, 6.45) is 0.542. The van der Waals surface area contributed by atoms with Gasteiger partial charge < -0.3 is 10.5 Å². The minimum absolute atomic E-state index is 0.128. The van der Waals surface area contributed by atoms with Gasteiger partial charge in [0.25, 0.3) is 0 Å². The fourth-order valence-electron chi connectivity index (χ4n) is 2.02. The van der Waals surface area contributed by atoms with Crippen molar-refractivity contribution in [2.75, 3.05) is 11.6 Å². The number of urea groups is 1. The zero-order valence-electron chi connectivity index (χ0n) is 13.5. The Morgan fingerprint density at radius 1 is 1.04 bits per heavy atom. The third-order valence-electron chi connectivity index (χ3n) is 3.24. The molecule has 0 fully saturated rings. The zero-order chi connectivity index (χ0) is 19.1. The highest BCUT2D eigenvalue weighted by Gasteiger charge is 2.15. The van der Waals surface area contributed by atoms with Crippen LogP contribution in [-0.4, -0.2) is 18.5 Å². The van der Waals surface area contributed by atoms with Crippen LogP contribution < -0.4 is 20.9 Å². The highest BCUT2D eigenvalue weighted by Crippen LogP contribution is 2.27. The minimum Gasteiger partial charge on any atom is -0.492 e. The maximum atomic E-state index is 12.0. The molecule has 0 atom stereocenters. The molecule has 138 valence electrons. The molecule has 26 heavy (non-hydrogen) atoms. The zero-order valence-corrected chi connectivity index (χ0v) is 15.8. The number of anilines is 1.